The highest BCUT2D eigenvalue weighted by Gasteiger charge is 2.28. The number of rotatable bonds is 4. The SMILES string of the molecule is Cc1nn(C)c2nc(C3CC3)cc(C(=O)Nc3ccc(-c4nc5ccccc5n4C)cc3)c12. The molecule has 1 fully saturated rings. The normalized spacial score (nSPS) is 13.7. The average molecular weight is 437 g/mol. The highest BCUT2D eigenvalue weighted by Crippen LogP contribution is 2.40. The molecule has 0 aliphatic heterocycles. The molecule has 1 N–H and O–H groups in total. The van der Waals surface area contributed by atoms with Crippen molar-refractivity contribution in [2.45, 2.75) is 25.7 Å². The highest BCUT2D eigenvalue weighted by atomic mass is 16.1. The van der Waals surface area contributed by atoms with Gasteiger partial charge in [-0.25, -0.2) is 9.97 Å². The van der Waals surface area contributed by atoms with E-state index in [-0.39, 0.29) is 5.91 Å². The molecule has 2 aromatic carbocycles. The van der Waals surface area contributed by atoms with Crippen LogP contribution >= 0.6 is 0 Å². The fourth-order valence-electron chi connectivity index (χ4n) is 4.54. The van der Waals surface area contributed by atoms with E-state index in [1.165, 1.54) is 0 Å². The minimum atomic E-state index is -0.143. The van der Waals surface area contributed by atoms with Gasteiger partial charge in [0.1, 0.15) is 5.82 Å². The molecular weight excluding hydrogens is 412 g/mol. The summed E-state index contributed by atoms with van der Waals surface area (Å²) >= 11 is 0. The van der Waals surface area contributed by atoms with Gasteiger partial charge in [0.05, 0.1) is 27.7 Å². The second-order valence-corrected chi connectivity index (χ2v) is 8.79. The minimum absolute atomic E-state index is 0.143. The molecule has 1 amide bonds. The van der Waals surface area contributed by atoms with E-state index >= 15 is 0 Å². The molecule has 1 saturated carbocycles. The molecule has 164 valence electrons. The van der Waals surface area contributed by atoms with Crippen LogP contribution in [-0.2, 0) is 14.1 Å². The zero-order valence-electron chi connectivity index (χ0n) is 18.8. The van der Waals surface area contributed by atoms with E-state index in [2.05, 4.69) is 21.0 Å². The van der Waals surface area contributed by atoms with E-state index in [0.717, 1.165) is 63.4 Å². The van der Waals surface area contributed by atoms with E-state index < -0.39 is 0 Å². The first kappa shape index (κ1) is 19.7. The van der Waals surface area contributed by atoms with Crippen molar-refractivity contribution in [3.05, 3.63) is 71.5 Å². The van der Waals surface area contributed by atoms with Crippen LogP contribution < -0.4 is 5.32 Å². The lowest BCUT2D eigenvalue weighted by atomic mass is 10.1. The molecule has 6 rings (SSSR count). The van der Waals surface area contributed by atoms with Crippen molar-refractivity contribution in [2.24, 2.45) is 14.1 Å². The molecule has 0 bridgehead atoms. The molecule has 33 heavy (non-hydrogen) atoms. The number of anilines is 1. The lowest BCUT2D eigenvalue weighted by Gasteiger charge is -2.10. The van der Waals surface area contributed by atoms with Gasteiger partial charge in [0.2, 0.25) is 0 Å². The standard InChI is InChI=1S/C26H24N6O/c1-15-23-19(14-21(16-8-9-16)29-25(23)32(3)30-15)26(33)27-18-12-10-17(11-13-18)24-28-20-6-4-5-7-22(20)31(24)2/h4-7,10-14,16H,8-9H2,1-3H3,(H,27,33). The first-order valence-electron chi connectivity index (χ1n) is 11.2. The number of hydrogen-bond acceptors (Lipinski definition) is 4. The summed E-state index contributed by atoms with van der Waals surface area (Å²) in [6.45, 7) is 1.92. The highest BCUT2D eigenvalue weighted by molar-refractivity contribution is 6.12. The van der Waals surface area contributed by atoms with Crippen LogP contribution in [0.3, 0.4) is 0 Å². The van der Waals surface area contributed by atoms with Crippen LogP contribution in [0.2, 0.25) is 0 Å². The van der Waals surface area contributed by atoms with Crippen molar-refractivity contribution in [2.75, 3.05) is 5.32 Å². The summed E-state index contributed by atoms with van der Waals surface area (Å²) in [5.41, 5.74) is 6.97. The Morgan fingerprint density at radius 2 is 1.79 bits per heavy atom. The summed E-state index contributed by atoms with van der Waals surface area (Å²) in [5, 5.41) is 8.38. The Labute approximate surface area is 191 Å². The largest absolute Gasteiger partial charge is 0.327 e. The average Bonchev–Trinajstić information content (AvgIpc) is 3.57. The van der Waals surface area contributed by atoms with Crippen molar-refractivity contribution in [1.29, 1.82) is 0 Å². The maximum atomic E-state index is 13.3. The number of pyridine rings is 1. The number of imidazole rings is 1. The van der Waals surface area contributed by atoms with E-state index in [1.54, 1.807) is 4.68 Å². The molecule has 0 radical (unpaired) electrons. The monoisotopic (exact) mass is 436 g/mol. The maximum Gasteiger partial charge on any atom is 0.256 e. The number of hydrogen-bond donors (Lipinski definition) is 1. The lowest BCUT2D eigenvalue weighted by Crippen LogP contribution is -2.13. The molecular formula is C26H24N6O. The smallest absolute Gasteiger partial charge is 0.256 e. The van der Waals surface area contributed by atoms with Gasteiger partial charge in [0.25, 0.3) is 5.91 Å². The van der Waals surface area contributed by atoms with Crippen LogP contribution in [0.15, 0.2) is 54.6 Å². The third-order valence-electron chi connectivity index (χ3n) is 6.42. The fraction of sp³-hybridized carbons (Fsp3) is 0.231. The quantitative estimate of drug-likeness (QED) is 0.432. The van der Waals surface area contributed by atoms with Crippen molar-refractivity contribution < 1.29 is 4.79 Å². The summed E-state index contributed by atoms with van der Waals surface area (Å²) in [6.07, 6.45) is 2.25. The van der Waals surface area contributed by atoms with Gasteiger partial charge in [-0.15, -0.1) is 0 Å². The van der Waals surface area contributed by atoms with E-state index in [0.29, 0.717) is 11.5 Å². The van der Waals surface area contributed by atoms with E-state index in [1.807, 2.05) is 69.6 Å². The minimum Gasteiger partial charge on any atom is -0.327 e. The molecule has 3 aromatic heterocycles. The van der Waals surface area contributed by atoms with Crippen molar-refractivity contribution in [1.82, 2.24) is 24.3 Å². The van der Waals surface area contributed by atoms with Gasteiger partial charge in [0.15, 0.2) is 5.65 Å². The Morgan fingerprint density at radius 1 is 1.03 bits per heavy atom. The van der Waals surface area contributed by atoms with Gasteiger partial charge in [0, 0.05) is 37.0 Å². The number of nitrogens with one attached hydrogen (secondary N) is 1. The molecule has 7 nitrogen and oxygen atoms in total. The molecule has 1 aliphatic rings. The molecule has 0 unspecified atom stereocenters. The van der Waals surface area contributed by atoms with Crippen molar-refractivity contribution in [3.8, 4) is 11.4 Å². The van der Waals surface area contributed by atoms with Gasteiger partial charge in [-0.2, -0.15) is 5.10 Å². The Kier molecular flexibility index (Phi) is 4.33. The molecule has 3 heterocycles. The number of fused-ring (bicyclic) bond motifs is 2. The predicted molar refractivity (Wildman–Crippen MR) is 129 cm³/mol. The number of para-hydroxylation sites is 2. The van der Waals surface area contributed by atoms with Gasteiger partial charge in [-0.05, 0) is 62.2 Å². The third-order valence-corrected chi connectivity index (χ3v) is 6.42. The molecule has 0 spiro atoms. The van der Waals surface area contributed by atoms with Gasteiger partial charge >= 0.3 is 0 Å². The zero-order valence-corrected chi connectivity index (χ0v) is 18.8. The summed E-state index contributed by atoms with van der Waals surface area (Å²) < 4.78 is 3.85. The Hall–Kier alpha value is -4.00. The number of benzene rings is 2. The summed E-state index contributed by atoms with van der Waals surface area (Å²) in [6, 6.07) is 17.8. The number of amides is 1. The number of carbonyl (C=O) groups excluding carboxylic acids is 1. The number of nitrogens with zero attached hydrogens (tertiary/aromatic N) is 5. The summed E-state index contributed by atoms with van der Waals surface area (Å²) in [5.74, 6) is 1.20. The molecule has 0 saturated heterocycles. The van der Waals surface area contributed by atoms with Gasteiger partial charge < -0.3 is 9.88 Å². The first-order valence-corrected chi connectivity index (χ1v) is 11.2. The predicted octanol–water partition coefficient (Wildman–Crippen LogP) is 4.96. The van der Waals surface area contributed by atoms with Crippen molar-refractivity contribution >= 4 is 33.7 Å². The fourth-order valence-corrected chi connectivity index (χ4v) is 4.54. The topological polar surface area (TPSA) is 77.6 Å². The Balaban J connectivity index is 1.32. The van der Waals surface area contributed by atoms with Gasteiger partial charge in [-0.3, -0.25) is 9.48 Å². The third kappa shape index (κ3) is 3.28. The Bertz CT molecular complexity index is 1540. The van der Waals surface area contributed by atoms with Crippen LogP contribution in [0.5, 0.6) is 0 Å². The summed E-state index contributed by atoms with van der Waals surface area (Å²) in [7, 11) is 3.89. The van der Waals surface area contributed by atoms with E-state index in [4.69, 9.17) is 9.97 Å². The van der Waals surface area contributed by atoms with Crippen molar-refractivity contribution in [3.63, 3.8) is 0 Å². The number of aromatic nitrogens is 5. The lowest BCUT2D eigenvalue weighted by molar-refractivity contribution is 0.102. The second kappa shape index (κ2) is 7.27. The molecule has 7 heteroatoms. The number of aryl methyl sites for hydroxylation is 3. The van der Waals surface area contributed by atoms with Crippen LogP contribution in [0.4, 0.5) is 5.69 Å². The molecule has 5 aromatic rings. The maximum absolute atomic E-state index is 13.3. The van der Waals surface area contributed by atoms with Crippen LogP contribution in [0.1, 0.15) is 40.5 Å². The molecule has 0 atom stereocenters. The summed E-state index contributed by atoms with van der Waals surface area (Å²) in [4.78, 5) is 22.9. The first-order chi connectivity index (χ1) is 16.0. The van der Waals surface area contributed by atoms with Gasteiger partial charge in [-0.1, -0.05) is 12.1 Å². The van der Waals surface area contributed by atoms with Crippen LogP contribution in [0.25, 0.3) is 33.5 Å². The Morgan fingerprint density at radius 3 is 2.52 bits per heavy atom. The molecule has 1 aliphatic carbocycles. The second-order valence-electron chi connectivity index (χ2n) is 8.79. The van der Waals surface area contributed by atoms with E-state index in [9.17, 15) is 4.79 Å². The number of carbonyl (C=O) groups is 1. The van der Waals surface area contributed by atoms with Crippen LogP contribution in [0, 0.1) is 6.92 Å². The zero-order chi connectivity index (χ0) is 22.7. The van der Waals surface area contributed by atoms with Crippen LogP contribution in [-0.4, -0.2) is 30.2 Å².